The standard InChI is InChI=1S/C21H14Cl2N4O2S/c22-14-7-9-17(20-19(14)15(23)11-24-20)27-30(28,29)13-6-8-16-18(10-13)26-21(25-16)12-4-2-1-3-5-12/h1-11,24,27H,(H,25,26). The molecule has 3 N–H and O–H groups in total. The third-order valence-electron chi connectivity index (χ3n) is 4.79. The SMILES string of the molecule is O=S(=O)(Nc1ccc(Cl)c2c(Cl)c[nH]c12)c1ccc2nc(-c3ccccc3)[nH]c2c1. The molecule has 150 valence electrons. The van der Waals surface area contributed by atoms with Gasteiger partial charge < -0.3 is 9.97 Å². The molecule has 0 radical (unpaired) electrons. The number of hydrogen-bond donors (Lipinski definition) is 3. The first kappa shape index (κ1) is 19.0. The first-order valence-corrected chi connectivity index (χ1v) is 11.2. The van der Waals surface area contributed by atoms with Crippen molar-refractivity contribution >= 4 is 60.8 Å². The van der Waals surface area contributed by atoms with E-state index >= 15 is 0 Å². The van der Waals surface area contributed by atoms with Crippen molar-refractivity contribution in [1.82, 2.24) is 15.0 Å². The number of rotatable bonds is 4. The summed E-state index contributed by atoms with van der Waals surface area (Å²) in [5, 5.41) is 1.42. The number of halogens is 2. The Morgan fingerprint density at radius 2 is 1.73 bits per heavy atom. The van der Waals surface area contributed by atoms with E-state index in [1.165, 1.54) is 6.07 Å². The Morgan fingerprint density at radius 1 is 0.933 bits per heavy atom. The number of imidazole rings is 1. The molecule has 5 rings (SSSR count). The van der Waals surface area contributed by atoms with Gasteiger partial charge in [-0.3, -0.25) is 4.72 Å². The van der Waals surface area contributed by atoms with Crippen LogP contribution >= 0.6 is 23.2 Å². The average molecular weight is 457 g/mol. The fourth-order valence-electron chi connectivity index (χ4n) is 3.35. The van der Waals surface area contributed by atoms with Gasteiger partial charge in [0.1, 0.15) is 5.82 Å². The van der Waals surface area contributed by atoms with Gasteiger partial charge in [-0.2, -0.15) is 0 Å². The molecule has 0 bridgehead atoms. The highest BCUT2D eigenvalue weighted by Gasteiger charge is 2.19. The molecule has 30 heavy (non-hydrogen) atoms. The van der Waals surface area contributed by atoms with Crippen LogP contribution in [0.25, 0.3) is 33.3 Å². The van der Waals surface area contributed by atoms with Gasteiger partial charge in [-0.15, -0.1) is 0 Å². The zero-order valence-electron chi connectivity index (χ0n) is 15.3. The number of nitrogens with one attached hydrogen (secondary N) is 3. The van der Waals surface area contributed by atoms with Gasteiger partial charge in [0.05, 0.1) is 37.2 Å². The van der Waals surface area contributed by atoms with E-state index in [1.54, 1.807) is 30.5 Å². The minimum atomic E-state index is -3.86. The summed E-state index contributed by atoms with van der Waals surface area (Å²) in [7, 11) is -3.86. The fraction of sp³-hybridized carbons (Fsp3) is 0. The Hall–Kier alpha value is -3.00. The summed E-state index contributed by atoms with van der Waals surface area (Å²) in [4.78, 5) is 10.8. The van der Waals surface area contributed by atoms with Gasteiger partial charge >= 0.3 is 0 Å². The number of H-pyrrole nitrogens is 2. The molecular formula is C21H14Cl2N4O2S. The molecule has 0 fully saturated rings. The van der Waals surface area contributed by atoms with Crippen molar-refractivity contribution in [3.63, 3.8) is 0 Å². The largest absolute Gasteiger partial charge is 0.358 e. The lowest BCUT2D eigenvalue weighted by Gasteiger charge is -2.10. The second-order valence-corrected chi connectivity index (χ2v) is 9.21. The number of aromatic nitrogens is 3. The fourth-order valence-corrected chi connectivity index (χ4v) is 5.00. The normalized spacial score (nSPS) is 11.9. The lowest BCUT2D eigenvalue weighted by atomic mass is 10.2. The third-order valence-corrected chi connectivity index (χ3v) is 6.77. The molecule has 0 saturated heterocycles. The van der Waals surface area contributed by atoms with Gasteiger partial charge in [-0.25, -0.2) is 13.4 Å². The Balaban J connectivity index is 1.54. The van der Waals surface area contributed by atoms with Gasteiger partial charge in [-0.05, 0) is 30.3 Å². The summed E-state index contributed by atoms with van der Waals surface area (Å²) in [5.41, 5.74) is 3.10. The average Bonchev–Trinajstić information content (AvgIpc) is 3.34. The molecule has 0 aliphatic heterocycles. The van der Waals surface area contributed by atoms with Crippen molar-refractivity contribution < 1.29 is 8.42 Å². The highest BCUT2D eigenvalue weighted by Crippen LogP contribution is 2.35. The van der Waals surface area contributed by atoms with E-state index in [1.807, 2.05) is 30.3 Å². The predicted octanol–water partition coefficient (Wildman–Crippen LogP) is 5.82. The van der Waals surface area contributed by atoms with Crippen LogP contribution in [0.5, 0.6) is 0 Å². The van der Waals surface area contributed by atoms with E-state index < -0.39 is 10.0 Å². The molecule has 0 amide bonds. The molecule has 9 heteroatoms. The molecule has 5 aromatic rings. The molecule has 6 nitrogen and oxygen atoms in total. The molecule has 2 heterocycles. The Morgan fingerprint density at radius 3 is 2.53 bits per heavy atom. The Kier molecular flexibility index (Phi) is 4.47. The highest BCUT2D eigenvalue weighted by atomic mass is 35.5. The number of sulfonamides is 1. The number of anilines is 1. The highest BCUT2D eigenvalue weighted by molar-refractivity contribution is 7.92. The molecule has 0 unspecified atom stereocenters. The van der Waals surface area contributed by atoms with Crippen molar-refractivity contribution in [2.75, 3.05) is 4.72 Å². The summed E-state index contributed by atoms with van der Waals surface area (Å²) in [6, 6.07) is 17.6. The number of aromatic amines is 2. The summed E-state index contributed by atoms with van der Waals surface area (Å²) in [5.74, 6) is 0.675. The smallest absolute Gasteiger partial charge is 0.262 e. The van der Waals surface area contributed by atoms with Crippen molar-refractivity contribution in [3.05, 3.63) is 76.9 Å². The number of fused-ring (bicyclic) bond motifs is 2. The van der Waals surface area contributed by atoms with Crippen LogP contribution in [-0.2, 0) is 10.0 Å². The van der Waals surface area contributed by atoms with E-state index in [0.717, 1.165) is 5.56 Å². The minimum absolute atomic E-state index is 0.110. The zero-order valence-corrected chi connectivity index (χ0v) is 17.6. The number of nitrogens with zero attached hydrogens (tertiary/aromatic N) is 1. The van der Waals surface area contributed by atoms with Gasteiger partial charge in [0.15, 0.2) is 0 Å². The van der Waals surface area contributed by atoms with Crippen LogP contribution in [0, 0.1) is 0 Å². The molecular weight excluding hydrogens is 443 g/mol. The van der Waals surface area contributed by atoms with E-state index in [2.05, 4.69) is 19.7 Å². The van der Waals surface area contributed by atoms with E-state index in [9.17, 15) is 8.42 Å². The van der Waals surface area contributed by atoms with Gasteiger partial charge in [0.25, 0.3) is 10.0 Å². The van der Waals surface area contributed by atoms with Gasteiger partial charge in [-0.1, -0.05) is 53.5 Å². The Labute approximate surface area is 181 Å². The maximum absolute atomic E-state index is 13.0. The van der Waals surface area contributed by atoms with Crippen molar-refractivity contribution in [2.24, 2.45) is 0 Å². The predicted molar refractivity (Wildman–Crippen MR) is 121 cm³/mol. The first-order valence-electron chi connectivity index (χ1n) is 8.95. The van der Waals surface area contributed by atoms with Gasteiger partial charge in [0, 0.05) is 17.1 Å². The van der Waals surface area contributed by atoms with E-state index in [4.69, 9.17) is 23.2 Å². The third kappa shape index (κ3) is 3.21. The summed E-state index contributed by atoms with van der Waals surface area (Å²) in [6.07, 6.45) is 1.57. The summed E-state index contributed by atoms with van der Waals surface area (Å²) >= 11 is 12.3. The van der Waals surface area contributed by atoms with Crippen LogP contribution in [0.1, 0.15) is 0 Å². The molecule has 0 aliphatic rings. The monoisotopic (exact) mass is 456 g/mol. The second kappa shape index (κ2) is 7.05. The first-order chi connectivity index (χ1) is 14.4. The van der Waals surface area contributed by atoms with Crippen LogP contribution in [0.4, 0.5) is 5.69 Å². The quantitative estimate of drug-likeness (QED) is 0.318. The van der Waals surface area contributed by atoms with E-state index in [0.29, 0.717) is 43.5 Å². The zero-order chi connectivity index (χ0) is 20.9. The molecule has 0 atom stereocenters. The van der Waals surface area contributed by atoms with Crippen LogP contribution in [0.3, 0.4) is 0 Å². The molecule has 0 saturated carbocycles. The number of benzene rings is 3. The maximum atomic E-state index is 13.0. The van der Waals surface area contributed by atoms with Gasteiger partial charge in [0.2, 0.25) is 0 Å². The van der Waals surface area contributed by atoms with Crippen LogP contribution < -0.4 is 4.72 Å². The Bertz CT molecular complexity index is 1510. The number of hydrogen-bond acceptors (Lipinski definition) is 3. The maximum Gasteiger partial charge on any atom is 0.262 e. The van der Waals surface area contributed by atoms with Crippen molar-refractivity contribution in [3.8, 4) is 11.4 Å². The minimum Gasteiger partial charge on any atom is -0.358 e. The summed E-state index contributed by atoms with van der Waals surface area (Å²) < 4.78 is 28.7. The molecule has 0 aliphatic carbocycles. The topological polar surface area (TPSA) is 90.6 Å². The molecule has 3 aromatic carbocycles. The summed E-state index contributed by atoms with van der Waals surface area (Å²) in [6.45, 7) is 0. The van der Waals surface area contributed by atoms with E-state index in [-0.39, 0.29) is 4.90 Å². The van der Waals surface area contributed by atoms with Crippen molar-refractivity contribution in [1.29, 1.82) is 0 Å². The molecule has 2 aromatic heterocycles. The molecule has 0 spiro atoms. The lowest BCUT2D eigenvalue weighted by Crippen LogP contribution is -2.13. The van der Waals surface area contributed by atoms with Crippen LogP contribution in [0.2, 0.25) is 10.0 Å². The van der Waals surface area contributed by atoms with Crippen molar-refractivity contribution in [2.45, 2.75) is 4.90 Å². The second-order valence-electron chi connectivity index (χ2n) is 6.72. The van der Waals surface area contributed by atoms with Crippen LogP contribution in [-0.4, -0.2) is 23.4 Å². The lowest BCUT2D eigenvalue weighted by molar-refractivity contribution is 0.601. The van der Waals surface area contributed by atoms with Crippen LogP contribution in [0.15, 0.2) is 71.8 Å².